The number of ether oxygens (including phenoxy) is 1. The Morgan fingerprint density at radius 2 is 1.37 bits per heavy atom. The molecule has 0 saturated carbocycles. The van der Waals surface area contributed by atoms with Crippen molar-refractivity contribution in [1.82, 2.24) is 19.1 Å². The zero-order chi connectivity index (χ0) is 46.3. The average Bonchev–Trinajstić information content (AvgIpc) is 3.81. The van der Waals surface area contributed by atoms with Crippen LogP contribution in [0.3, 0.4) is 0 Å². The molecule has 6 nitrogen and oxygen atoms in total. The third-order valence-corrected chi connectivity index (χ3v) is 10.5. The molecule has 0 aliphatic rings. The Morgan fingerprint density at radius 1 is 0.661 bits per heavy atom. The number of hydrogen-bond acceptors (Lipinski definition) is 3. The smallest absolute Gasteiger partial charge is 0.268 e. The Bertz CT molecular complexity index is 3220. The molecule has 0 radical (unpaired) electrons. The fourth-order valence-electron chi connectivity index (χ4n) is 7.87. The molecule has 0 spiro atoms. The fraction of sp³-hybridized carbons (Fsp3) is 0.255. The van der Waals surface area contributed by atoms with E-state index in [1.165, 1.54) is 5.56 Å². The summed E-state index contributed by atoms with van der Waals surface area (Å²) >= 11 is 0. The number of hydrogen-bond donors (Lipinski definition) is 0. The van der Waals surface area contributed by atoms with Crippen molar-refractivity contribution < 1.29 is 35.9 Å². The van der Waals surface area contributed by atoms with Crippen molar-refractivity contribution in [1.29, 1.82) is 0 Å². The van der Waals surface area contributed by atoms with E-state index in [2.05, 4.69) is 109 Å². The van der Waals surface area contributed by atoms with Gasteiger partial charge in [-0.15, -0.1) is 23.6 Å². The molecule has 62 heavy (non-hydrogen) atoms. The number of nitrogens with zero attached hydrogens (tertiary/aromatic N) is 5. The predicted molar refractivity (Wildman–Crippen MR) is 248 cm³/mol. The van der Waals surface area contributed by atoms with Crippen LogP contribution < -0.4 is 9.30 Å². The Labute approximate surface area is 386 Å². The first-order valence-electron chi connectivity index (χ1n) is 22.8. The van der Waals surface area contributed by atoms with E-state index >= 15 is 0 Å². The minimum atomic E-state index is -1.78. The van der Waals surface area contributed by atoms with Crippen LogP contribution in [0.25, 0.3) is 61.2 Å². The van der Waals surface area contributed by atoms with Crippen molar-refractivity contribution in [3.8, 4) is 39.8 Å². The molecule has 0 fully saturated rings. The molecular formula is C55H53N5OPt-2. The average molecular weight is 999 g/mol. The first kappa shape index (κ1) is 37.9. The van der Waals surface area contributed by atoms with Gasteiger partial charge in [-0.3, -0.25) is 4.57 Å². The van der Waals surface area contributed by atoms with Crippen molar-refractivity contribution in [2.45, 2.75) is 80.5 Å². The number of aromatic nitrogens is 5. The van der Waals surface area contributed by atoms with E-state index in [1.807, 2.05) is 105 Å². The summed E-state index contributed by atoms with van der Waals surface area (Å²) in [5.41, 5.74) is 7.17. The van der Waals surface area contributed by atoms with Gasteiger partial charge in [0.1, 0.15) is 5.82 Å². The largest absolute Gasteiger partial charge is 0.508 e. The number of rotatable bonds is 8. The van der Waals surface area contributed by atoms with E-state index in [-0.39, 0.29) is 26.5 Å². The molecule has 0 amide bonds. The Hall–Kier alpha value is -5.84. The summed E-state index contributed by atoms with van der Waals surface area (Å²) in [7, 11) is 0. The van der Waals surface area contributed by atoms with Crippen molar-refractivity contribution >= 4 is 32.8 Å². The molecule has 0 atom stereocenters. The van der Waals surface area contributed by atoms with Gasteiger partial charge in [0.05, 0.1) is 16.7 Å². The Kier molecular flexibility index (Phi) is 10.1. The first-order chi connectivity index (χ1) is 30.6. The van der Waals surface area contributed by atoms with Gasteiger partial charge in [-0.2, -0.15) is 6.07 Å². The quantitative estimate of drug-likeness (QED) is 0.113. The number of imidazole rings is 1. The van der Waals surface area contributed by atoms with Gasteiger partial charge in [-0.1, -0.05) is 158 Å². The van der Waals surface area contributed by atoms with Gasteiger partial charge in [-0.05, 0) is 93.3 Å². The number of fused-ring (bicyclic) bond motifs is 4. The van der Waals surface area contributed by atoms with E-state index in [0.717, 1.165) is 49.8 Å². The second-order valence-corrected chi connectivity index (χ2v) is 18.8. The molecule has 4 heterocycles. The minimum Gasteiger partial charge on any atom is -0.508 e. The van der Waals surface area contributed by atoms with Crippen LogP contribution >= 0.6 is 0 Å². The van der Waals surface area contributed by atoms with Gasteiger partial charge in [0.25, 0.3) is 6.33 Å². The molecule has 4 aromatic heterocycles. The van der Waals surface area contributed by atoms with Crippen LogP contribution in [0.4, 0.5) is 0 Å². The molecule has 0 aliphatic heterocycles. The summed E-state index contributed by atoms with van der Waals surface area (Å²) in [4.78, 5) is 9.47. The minimum absolute atomic E-state index is 0. The molecule has 7 heteroatoms. The van der Waals surface area contributed by atoms with E-state index in [4.69, 9.17) is 9.72 Å². The summed E-state index contributed by atoms with van der Waals surface area (Å²) in [6.45, 7) is 17.8. The second kappa shape index (κ2) is 16.5. The van der Waals surface area contributed by atoms with Crippen LogP contribution in [-0.2, 0) is 39.2 Å². The van der Waals surface area contributed by atoms with Gasteiger partial charge in [0.2, 0.25) is 0 Å². The van der Waals surface area contributed by atoms with Gasteiger partial charge in [-0.25, -0.2) is 4.98 Å². The van der Waals surface area contributed by atoms with Crippen molar-refractivity contribution in [2.24, 2.45) is 10.8 Å². The van der Waals surface area contributed by atoms with E-state index in [9.17, 15) is 5.48 Å². The van der Waals surface area contributed by atoms with Gasteiger partial charge in [0.15, 0.2) is 0 Å². The molecule has 0 N–H and O–H groups in total. The van der Waals surface area contributed by atoms with Crippen molar-refractivity contribution in [3.05, 3.63) is 169 Å². The summed E-state index contributed by atoms with van der Waals surface area (Å²) < 4.78 is 49.4. The zero-order valence-electron chi connectivity index (χ0n) is 40.7. The molecular weight excluding hydrogens is 942 g/mol. The number of benzene rings is 5. The number of pyridine rings is 2. The summed E-state index contributed by atoms with van der Waals surface area (Å²) in [5.74, 6) is 1.64. The Balaban J connectivity index is 0.00000592. The standard InChI is InChI=1S/C55H53N5O.Pt/c1-53(2,3)32-37-25-38(33-54(4,5)6)27-42(26-37)58-36-59(50-18-14-13-17-49(50)58)43-30-45(35-56-34-43)61-44-20-21-46-47-28-40(39-15-11-10-12-16-39)19-22-48(47)60(51(46)31-44)52-29-41(23-24-57-52)55(7,8)9;/h10-29,34-35H,32-33H2,1-9H3;/q-2;/i32D2,33D2;. The summed E-state index contributed by atoms with van der Waals surface area (Å²) in [5, 5.41) is 2.09. The zero-order valence-corrected chi connectivity index (χ0v) is 38.9. The van der Waals surface area contributed by atoms with Crippen LogP contribution in [0.2, 0.25) is 0 Å². The van der Waals surface area contributed by atoms with Gasteiger partial charge >= 0.3 is 0 Å². The van der Waals surface area contributed by atoms with Crippen LogP contribution in [0.1, 0.15) is 84.5 Å². The second-order valence-electron chi connectivity index (χ2n) is 18.8. The summed E-state index contributed by atoms with van der Waals surface area (Å²) in [6, 6.07) is 45.3. The molecule has 9 rings (SSSR count). The van der Waals surface area contributed by atoms with Gasteiger partial charge in [0, 0.05) is 49.8 Å². The van der Waals surface area contributed by atoms with E-state index < -0.39 is 23.6 Å². The molecule has 0 bridgehead atoms. The predicted octanol–water partition coefficient (Wildman–Crippen LogP) is 13.1. The van der Waals surface area contributed by atoms with Crippen molar-refractivity contribution in [2.75, 3.05) is 0 Å². The Morgan fingerprint density at radius 3 is 2.08 bits per heavy atom. The maximum Gasteiger partial charge on any atom is 0.268 e. The normalized spacial score (nSPS) is 13.7. The first-order valence-corrected chi connectivity index (χ1v) is 20.8. The van der Waals surface area contributed by atoms with Crippen LogP contribution in [0.5, 0.6) is 11.5 Å². The SMILES string of the molecule is [2H]C([2H])(c1cc(-[n+]2[c-]n(-c3[c-]c(Oc4[c-]c5c(cc4)c4cc(-c6ccccc6)ccc4n5-c4cc(C(C)(C)C)ccn4)cnc3)c3ccccc32)cc(C([2H])([2H])C(C)(C)C)c1)C(C)(C)C.[Pt]. The maximum absolute atomic E-state index is 9.24. The molecule has 316 valence electrons. The topological polar surface area (TPSA) is 48.8 Å². The maximum atomic E-state index is 9.24. The van der Waals surface area contributed by atoms with Gasteiger partial charge < -0.3 is 18.9 Å². The monoisotopic (exact) mass is 998 g/mol. The molecule has 0 aliphatic carbocycles. The summed E-state index contributed by atoms with van der Waals surface area (Å²) in [6.07, 6.45) is 5.12. The molecule has 0 unspecified atom stereocenters. The van der Waals surface area contributed by atoms with Crippen LogP contribution in [0, 0.1) is 29.3 Å². The molecule has 0 saturated heterocycles. The molecule has 9 aromatic rings. The number of para-hydroxylation sites is 2. The van der Waals surface area contributed by atoms with E-state index in [1.54, 1.807) is 18.5 Å². The molecule has 5 aromatic carbocycles. The third kappa shape index (κ3) is 8.90. The van der Waals surface area contributed by atoms with Crippen LogP contribution in [-0.4, -0.2) is 19.1 Å². The van der Waals surface area contributed by atoms with Crippen molar-refractivity contribution in [3.63, 3.8) is 0 Å². The third-order valence-electron chi connectivity index (χ3n) is 10.5. The van der Waals surface area contributed by atoms with E-state index in [0.29, 0.717) is 34.0 Å². The fourth-order valence-corrected chi connectivity index (χ4v) is 7.87. The van der Waals surface area contributed by atoms with Crippen LogP contribution in [0.15, 0.2) is 134 Å².